The molecule has 0 unspecified atom stereocenters. The van der Waals surface area contributed by atoms with E-state index in [9.17, 15) is 13.7 Å². The average Bonchev–Trinajstić information content (AvgIpc) is 2.35. The van der Waals surface area contributed by atoms with Crippen molar-refractivity contribution >= 4 is 5.69 Å². The molecule has 1 aromatic rings. The molecule has 17 heavy (non-hydrogen) atoms. The molecule has 4 nitrogen and oxygen atoms in total. The van der Waals surface area contributed by atoms with E-state index < -0.39 is 17.4 Å². The molecule has 0 aromatic heterocycles. The molecule has 0 amide bonds. The molecule has 0 aliphatic heterocycles. The molecule has 0 atom stereocenters. The van der Waals surface area contributed by atoms with Crippen LogP contribution in [0.4, 0.5) is 14.5 Å². The minimum Gasteiger partial charge on any atom is -0.353 e. The molecule has 0 saturated carbocycles. The Morgan fingerprint density at radius 1 is 1.29 bits per heavy atom. The maximum atomic E-state index is 13.6. The summed E-state index contributed by atoms with van der Waals surface area (Å²) in [5.41, 5.74) is -0.324. The van der Waals surface area contributed by atoms with Gasteiger partial charge in [-0.05, 0) is 24.2 Å². The van der Waals surface area contributed by atoms with Crippen LogP contribution in [0.1, 0.15) is 12.5 Å². The number of ether oxygens (including phenoxy) is 2. The molecule has 1 rings (SSSR count). The van der Waals surface area contributed by atoms with Crippen LogP contribution in [-0.2, 0) is 15.9 Å². The van der Waals surface area contributed by atoms with Crippen LogP contribution in [-0.4, -0.2) is 20.0 Å². The van der Waals surface area contributed by atoms with Crippen molar-refractivity contribution in [1.82, 2.24) is 0 Å². The third-order valence-corrected chi connectivity index (χ3v) is 2.63. The van der Waals surface area contributed by atoms with Crippen molar-refractivity contribution in [2.75, 3.05) is 14.2 Å². The Labute approximate surface area is 97.5 Å². The molecule has 0 N–H and O–H groups in total. The van der Waals surface area contributed by atoms with Gasteiger partial charge in [-0.15, -0.1) is 4.91 Å². The number of rotatable bonds is 5. The highest BCUT2D eigenvalue weighted by Crippen LogP contribution is 2.29. The SMILES string of the molecule is COC(C)(Cc1c(N=O)ccc(F)c1F)OC. The molecule has 0 spiro atoms. The lowest BCUT2D eigenvalue weighted by atomic mass is 10.0. The predicted octanol–water partition coefficient (Wildman–Crippen LogP) is 2.91. The summed E-state index contributed by atoms with van der Waals surface area (Å²) in [6, 6.07) is 1.97. The number of halogens is 2. The van der Waals surface area contributed by atoms with Gasteiger partial charge in [-0.25, -0.2) is 8.78 Å². The standard InChI is InChI=1S/C11H13F2NO3/c1-11(16-2,17-3)6-7-9(14-15)5-4-8(12)10(7)13/h4-5H,6H2,1-3H3. The predicted molar refractivity (Wildman–Crippen MR) is 57.9 cm³/mol. The lowest BCUT2D eigenvalue weighted by Gasteiger charge is -2.26. The van der Waals surface area contributed by atoms with Gasteiger partial charge in [0, 0.05) is 26.2 Å². The van der Waals surface area contributed by atoms with Gasteiger partial charge in [-0.1, -0.05) is 0 Å². The van der Waals surface area contributed by atoms with E-state index in [1.165, 1.54) is 14.2 Å². The van der Waals surface area contributed by atoms with Gasteiger partial charge in [-0.2, -0.15) is 0 Å². The van der Waals surface area contributed by atoms with Crippen LogP contribution in [0.15, 0.2) is 17.3 Å². The average molecular weight is 245 g/mol. The van der Waals surface area contributed by atoms with E-state index in [1.807, 2.05) is 0 Å². The lowest BCUT2D eigenvalue weighted by Crippen LogP contribution is -2.32. The summed E-state index contributed by atoms with van der Waals surface area (Å²) in [5.74, 6) is -3.29. The van der Waals surface area contributed by atoms with Crippen LogP contribution in [0.5, 0.6) is 0 Å². The smallest absolute Gasteiger partial charge is 0.168 e. The van der Waals surface area contributed by atoms with E-state index in [4.69, 9.17) is 9.47 Å². The fourth-order valence-corrected chi connectivity index (χ4v) is 1.38. The van der Waals surface area contributed by atoms with Crippen molar-refractivity contribution in [3.05, 3.63) is 34.2 Å². The first-order valence-corrected chi connectivity index (χ1v) is 4.88. The van der Waals surface area contributed by atoms with Crippen LogP contribution in [0.25, 0.3) is 0 Å². The number of methoxy groups -OCH3 is 2. The van der Waals surface area contributed by atoms with E-state index >= 15 is 0 Å². The minimum atomic E-state index is -1.14. The molecule has 0 radical (unpaired) electrons. The zero-order valence-electron chi connectivity index (χ0n) is 9.79. The van der Waals surface area contributed by atoms with Crippen molar-refractivity contribution in [3.63, 3.8) is 0 Å². The van der Waals surface area contributed by atoms with Gasteiger partial charge in [0.25, 0.3) is 0 Å². The van der Waals surface area contributed by atoms with Gasteiger partial charge in [-0.3, -0.25) is 0 Å². The Kier molecular flexibility index (Phi) is 4.25. The van der Waals surface area contributed by atoms with Crippen LogP contribution in [0.3, 0.4) is 0 Å². The number of nitroso groups, excluding NO2 is 1. The Hall–Kier alpha value is -1.40. The Bertz CT molecular complexity index is 419. The zero-order valence-corrected chi connectivity index (χ0v) is 9.79. The molecule has 0 saturated heterocycles. The first kappa shape index (κ1) is 13.7. The molecule has 0 aliphatic rings. The summed E-state index contributed by atoms with van der Waals surface area (Å²) in [6.45, 7) is 1.55. The fourth-order valence-electron chi connectivity index (χ4n) is 1.38. The summed E-state index contributed by atoms with van der Waals surface area (Å²) in [6.07, 6.45) is -0.120. The van der Waals surface area contributed by atoms with Gasteiger partial charge in [0.2, 0.25) is 0 Å². The topological polar surface area (TPSA) is 47.9 Å². The molecule has 0 heterocycles. The first-order valence-electron chi connectivity index (χ1n) is 4.88. The second-order valence-corrected chi connectivity index (χ2v) is 3.67. The maximum absolute atomic E-state index is 13.6. The third-order valence-electron chi connectivity index (χ3n) is 2.63. The highest BCUT2D eigenvalue weighted by molar-refractivity contribution is 5.47. The molecule has 0 bridgehead atoms. The highest BCUT2D eigenvalue weighted by Gasteiger charge is 2.28. The molecule has 0 aliphatic carbocycles. The summed E-state index contributed by atoms with van der Waals surface area (Å²) < 4.78 is 36.7. The van der Waals surface area contributed by atoms with Gasteiger partial charge in [0.05, 0.1) is 0 Å². The van der Waals surface area contributed by atoms with Gasteiger partial charge < -0.3 is 9.47 Å². The molecule has 1 aromatic carbocycles. The van der Waals surface area contributed by atoms with E-state index in [1.54, 1.807) is 6.92 Å². The van der Waals surface area contributed by atoms with Crippen molar-refractivity contribution in [2.45, 2.75) is 19.1 Å². The maximum Gasteiger partial charge on any atom is 0.168 e. The van der Waals surface area contributed by atoms with Crippen molar-refractivity contribution in [1.29, 1.82) is 0 Å². The van der Waals surface area contributed by atoms with Gasteiger partial charge in [0.1, 0.15) is 5.69 Å². The molecular weight excluding hydrogens is 232 g/mol. The molecule has 94 valence electrons. The number of hydrogen-bond donors (Lipinski definition) is 0. The number of benzene rings is 1. The summed E-state index contributed by atoms with van der Waals surface area (Å²) >= 11 is 0. The van der Waals surface area contributed by atoms with E-state index in [0.717, 1.165) is 12.1 Å². The van der Waals surface area contributed by atoms with Crippen LogP contribution >= 0.6 is 0 Å². The second-order valence-electron chi connectivity index (χ2n) is 3.67. The highest BCUT2D eigenvalue weighted by atomic mass is 19.2. The van der Waals surface area contributed by atoms with Crippen molar-refractivity contribution < 1.29 is 18.3 Å². The second kappa shape index (κ2) is 5.29. The normalized spacial score (nSPS) is 11.6. The van der Waals surface area contributed by atoms with Crippen LogP contribution in [0.2, 0.25) is 0 Å². The van der Waals surface area contributed by atoms with Gasteiger partial charge in [0.15, 0.2) is 17.4 Å². The molecule has 6 heteroatoms. The molecular formula is C11H13F2NO3. The van der Waals surface area contributed by atoms with Crippen LogP contribution < -0.4 is 0 Å². The van der Waals surface area contributed by atoms with E-state index in [2.05, 4.69) is 5.18 Å². The number of nitrogens with zero attached hydrogens (tertiary/aromatic N) is 1. The summed E-state index contributed by atoms with van der Waals surface area (Å²) in [5, 5.41) is 2.66. The minimum absolute atomic E-state index is 0.120. The Morgan fingerprint density at radius 3 is 2.35 bits per heavy atom. The van der Waals surface area contributed by atoms with Crippen molar-refractivity contribution in [3.8, 4) is 0 Å². The Morgan fingerprint density at radius 2 is 1.88 bits per heavy atom. The van der Waals surface area contributed by atoms with Crippen LogP contribution in [0, 0.1) is 16.5 Å². The fraction of sp³-hybridized carbons (Fsp3) is 0.455. The quantitative estimate of drug-likeness (QED) is 0.592. The third kappa shape index (κ3) is 2.83. The summed E-state index contributed by atoms with van der Waals surface area (Å²) in [7, 11) is 2.74. The van der Waals surface area contributed by atoms with Gasteiger partial charge >= 0.3 is 0 Å². The zero-order chi connectivity index (χ0) is 13.1. The largest absolute Gasteiger partial charge is 0.353 e. The Balaban J connectivity index is 3.20. The van der Waals surface area contributed by atoms with E-state index in [0.29, 0.717) is 0 Å². The lowest BCUT2D eigenvalue weighted by molar-refractivity contribution is -0.192. The number of hydrogen-bond acceptors (Lipinski definition) is 4. The molecule has 0 fully saturated rings. The van der Waals surface area contributed by atoms with Crippen molar-refractivity contribution in [2.24, 2.45) is 5.18 Å². The monoisotopic (exact) mass is 245 g/mol. The first-order chi connectivity index (χ1) is 7.97. The van der Waals surface area contributed by atoms with E-state index in [-0.39, 0.29) is 17.7 Å². The summed E-state index contributed by atoms with van der Waals surface area (Å²) in [4.78, 5) is 10.5.